The van der Waals surface area contributed by atoms with Crippen LogP contribution in [0.5, 0.6) is 0 Å². The van der Waals surface area contributed by atoms with Crippen molar-refractivity contribution in [1.82, 2.24) is 0 Å². The van der Waals surface area contributed by atoms with Gasteiger partial charge in [0.05, 0.1) is 10.5 Å². The van der Waals surface area contributed by atoms with E-state index in [1.54, 1.807) is 6.92 Å². The molecule has 0 aromatic heterocycles. The van der Waals surface area contributed by atoms with E-state index in [0.29, 0.717) is 6.07 Å². The molecule has 0 saturated carbocycles. The first-order valence-electron chi connectivity index (χ1n) is 4.70. The smallest absolute Gasteiger partial charge is 0.258 e. The highest BCUT2D eigenvalue weighted by molar-refractivity contribution is 6.20. The topological polar surface area (TPSA) is 43.1 Å². The van der Waals surface area contributed by atoms with Crippen LogP contribution in [0.2, 0.25) is 0 Å². The molecule has 1 aromatic carbocycles. The number of nitrogens with zero attached hydrogens (tertiary/aromatic N) is 1. The summed E-state index contributed by atoms with van der Waals surface area (Å²) in [5.74, 6) is 0. The third-order valence-electron chi connectivity index (χ3n) is 2.11. The Bertz CT molecular complexity index is 432. The van der Waals surface area contributed by atoms with Gasteiger partial charge in [0, 0.05) is 17.5 Å². The molecule has 1 atom stereocenters. The number of benzene rings is 1. The Morgan fingerprint density at radius 1 is 1.47 bits per heavy atom. The van der Waals surface area contributed by atoms with Crippen LogP contribution in [0.1, 0.15) is 18.1 Å². The molecule has 0 bridgehead atoms. The Morgan fingerprint density at radius 2 is 2.06 bits per heavy atom. The number of rotatable bonds is 3. The lowest BCUT2D eigenvalue weighted by Gasteiger charge is -2.13. The highest BCUT2D eigenvalue weighted by atomic mass is 35.5. The molecule has 94 valence electrons. The van der Waals surface area contributed by atoms with E-state index in [9.17, 15) is 23.3 Å². The number of nitro groups is 1. The summed E-state index contributed by atoms with van der Waals surface area (Å²) >= 11 is 5.64. The minimum atomic E-state index is -4.62. The molecule has 7 heteroatoms. The van der Waals surface area contributed by atoms with Gasteiger partial charge in [-0.05, 0) is 18.9 Å². The Kier molecular flexibility index (Phi) is 3.98. The lowest BCUT2D eigenvalue weighted by molar-refractivity contribution is -0.385. The van der Waals surface area contributed by atoms with Gasteiger partial charge in [-0.1, -0.05) is 6.07 Å². The van der Waals surface area contributed by atoms with Crippen molar-refractivity contribution in [2.24, 2.45) is 0 Å². The maximum atomic E-state index is 12.7. The van der Waals surface area contributed by atoms with Crippen molar-refractivity contribution in [2.75, 3.05) is 0 Å². The van der Waals surface area contributed by atoms with Crippen molar-refractivity contribution in [3.8, 4) is 0 Å². The molecule has 3 nitrogen and oxygen atoms in total. The number of alkyl halides is 4. The SMILES string of the molecule is CC(Cl)Cc1ccc([N+](=O)[O-])cc1C(F)(F)F. The highest BCUT2D eigenvalue weighted by Crippen LogP contribution is 2.35. The van der Waals surface area contributed by atoms with E-state index < -0.39 is 27.7 Å². The summed E-state index contributed by atoms with van der Waals surface area (Å²) in [7, 11) is 0. The van der Waals surface area contributed by atoms with Gasteiger partial charge in [0.25, 0.3) is 5.69 Å². The first kappa shape index (κ1) is 13.8. The minimum Gasteiger partial charge on any atom is -0.258 e. The average molecular weight is 268 g/mol. The third kappa shape index (κ3) is 3.59. The fourth-order valence-electron chi connectivity index (χ4n) is 1.42. The van der Waals surface area contributed by atoms with Crippen LogP contribution in [-0.4, -0.2) is 10.3 Å². The molecule has 0 N–H and O–H groups in total. The molecule has 0 aliphatic carbocycles. The summed E-state index contributed by atoms with van der Waals surface area (Å²) in [6.45, 7) is 1.56. The first-order chi connectivity index (χ1) is 7.71. The second-order valence-electron chi connectivity index (χ2n) is 3.58. The fraction of sp³-hybridized carbons (Fsp3) is 0.400. The van der Waals surface area contributed by atoms with Gasteiger partial charge < -0.3 is 0 Å². The number of halogens is 4. The summed E-state index contributed by atoms with van der Waals surface area (Å²) in [5.41, 5.74) is -1.62. The highest BCUT2D eigenvalue weighted by Gasteiger charge is 2.35. The Morgan fingerprint density at radius 3 is 2.47 bits per heavy atom. The zero-order valence-corrected chi connectivity index (χ0v) is 9.55. The van der Waals surface area contributed by atoms with Crippen molar-refractivity contribution in [3.63, 3.8) is 0 Å². The third-order valence-corrected chi connectivity index (χ3v) is 2.27. The van der Waals surface area contributed by atoms with Crippen molar-refractivity contribution >= 4 is 17.3 Å². The lowest BCUT2D eigenvalue weighted by atomic mass is 10.0. The molecule has 0 amide bonds. The van der Waals surface area contributed by atoms with Crippen molar-refractivity contribution in [1.29, 1.82) is 0 Å². The quantitative estimate of drug-likeness (QED) is 0.475. The molecule has 0 spiro atoms. The van der Waals surface area contributed by atoms with Crippen LogP contribution in [0, 0.1) is 10.1 Å². The fourth-order valence-corrected chi connectivity index (χ4v) is 1.59. The van der Waals surface area contributed by atoms with Crippen molar-refractivity contribution < 1.29 is 18.1 Å². The molecule has 0 radical (unpaired) electrons. The summed E-state index contributed by atoms with van der Waals surface area (Å²) in [5, 5.41) is 9.95. The van der Waals surface area contributed by atoms with E-state index in [1.165, 1.54) is 0 Å². The zero-order chi connectivity index (χ0) is 13.2. The summed E-state index contributed by atoms with van der Waals surface area (Å²) in [6, 6.07) is 2.68. The zero-order valence-electron chi connectivity index (χ0n) is 8.79. The van der Waals surface area contributed by atoms with Crippen LogP contribution in [0.25, 0.3) is 0 Å². The second kappa shape index (κ2) is 4.91. The van der Waals surface area contributed by atoms with Gasteiger partial charge in [0.1, 0.15) is 0 Å². The van der Waals surface area contributed by atoms with E-state index in [0.717, 1.165) is 12.1 Å². The maximum absolute atomic E-state index is 12.7. The summed E-state index contributed by atoms with van der Waals surface area (Å²) < 4.78 is 38.0. The predicted octanol–water partition coefficient (Wildman–Crippen LogP) is 3.78. The molecule has 1 aromatic rings. The van der Waals surface area contributed by atoms with Crippen LogP contribution in [-0.2, 0) is 12.6 Å². The lowest BCUT2D eigenvalue weighted by Crippen LogP contribution is -2.12. The molecule has 0 fully saturated rings. The Hall–Kier alpha value is -1.30. The van der Waals surface area contributed by atoms with Crippen molar-refractivity contribution in [3.05, 3.63) is 39.4 Å². The molecular formula is C10H9ClF3NO2. The van der Waals surface area contributed by atoms with Gasteiger partial charge >= 0.3 is 6.18 Å². The van der Waals surface area contributed by atoms with Crippen molar-refractivity contribution in [2.45, 2.75) is 24.9 Å². The van der Waals surface area contributed by atoms with Crippen LogP contribution < -0.4 is 0 Å². The van der Waals surface area contributed by atoms with Gasteiger partial charge in [0.2, 0.25) is 0 Å². The van der Waals surface area contributed by atoms with Gasteiger partial charge in [-0.2, -0.15) is 13.2 Å². The van der Waals surface area contributed by atoms with Crippen LogP contribution >= 0.6 is 11.6 Å². The summed E-state index contributed by atoms with van der Waals surface area (Å²) in [6.07, 6.45) is -4.61. The van der Waals surface area contributed by atoms with Gasteiger partial charge in [-0.15, -0.1) is 11.6 Å². The van der Waals surface area contributed by atoms with Crippen LogP contribution in [0.15, 0.2) is 18.2 Å². The van der Waals surface area contributed by atoms with Crippen LogP contribution in [0.3, 0.4) is 0 Å². The number of hydrogen-bond acceptors (Lipinski definition) is 2. The minimum absolute atomic E-state index is 0.00833. The van der Waals surface area contributed by atoms with E-state index in [1.807, 2.05) is 0 Å². The Labute approximate surface area is 100 Å². The molecule has 0 aliphatic heterocycles. The van der Waals surface area contributed by atoms with Gasteiger partial charge in [-0.3, -0.25) is 10.1 Å². The van der Waals surface area contributed by atoms with E-state index in [2.05, 4.69) is 0 Å². The monoisotopic (exact) mass is 267 g/mol. The maximum Gasteiger partial charge on any atom is 0.416 e. The largest absolute Gasteiger partial charge is 0.416 e. The predicted molar refractivity (Wildman–Crippen MR) is 57.1 cm³/mol. The Balaban J connectivity index is 3.27. The second-order valence-corrected chi connectivity index (χ2v) is 4.33. The van der Waals surface area contributed by atoms with E-state index >= 15 is 0 Å². The molecule has 1 rings (SSSR count). The number of hydrogen-bond donors (Lipinski definition) is 0. The molecule has 0 aliphatic rings. The average Bonchev–Trinajstić information content (AvgIpc) is 2.15. The number of non-ortho nitro benzene ring substituents is 1. The van der Waals surface area contributed by atoms with Crippen LogP contribution in [0.4, 0.5) is 18.9 Å². The molecular weight excluding hydrogens is 259 g/mol. The molecule has 17 heavy (non-hydrogen) atoms. The normalized spacial score (nSPS) is 13.5. The standard InChI is InChI=1S/C10H9ClF3NO2/c1-6(11)4-7-2-3-8(15(16)17)5-9(7)10(12,13)14/h2-3,5-6H,4H2,1H3. The van der Waals surface area contributed by atoms with E-state index in [-0.39, 0.29) is 12.0 Å². The van der Waals surface area contributed by atoms with Gasteiger partial charge in [0.15, 0.2) is 0 Å². The first-order valence-corrected chi connectivity index (χ1v) is 5.14. The number of nitro benzene ring substituents is 1. The van der Waals surface area contributed by atoms with Gasteiger partial charge in [-0.25, -0.2) is 0 Å². The summed E-state index contributed by atoms with van der Waals surface area (Å²) in [4.78, 5) is 9.57. The molecule has 0 saturated heterocycles. The molecule has 0 heterocycles. The molecule has 1 unspecified atom stereocenters. The van der Waals surface area contributed by atoms with E-state index in [4.69, 9.17) is 11.6 Å².